The Bertz CT molecular complexity index is 693. The number of methoxy groups -OCH3 is 1. The Morgan fingerprint density at radius 1 is 1.35 bits per heavy atom. The SMILES string of the molecule is COc1cc(C)ccc1-c1nc(C(C)C)c(Br)c(=O)[nH]1. The molecule has 0 aliphatic rings. The van der Waals surface area contributed by atoms with Gasteiger partial charge in [0.1, 0.15) is 16.0 Å². The number of aromatic nitrogens is 2. The Morgan fingerprint density at radius 3 is 2.65 bits per heavy atom. The summed E-state index contributed by atoms with van der Waals surface area (Å²) in [6.45, 7) is 6.00. The summed E-state index contributed by atoms with van der Waals surface area (Å²) in [5.41, 5.74) is 2.44. The summed E-state index contributed by atoms with van der Waals surface area (Å²) in [4.78, 5) is 19.4. The minimum absolute atomic E-state index is 0.155. The number of hydrogen-bond acceptors (Lipinski definition) is 3. The molecule has 1 aromatic carbocycles. The van der Waals surface area contributed by atoms with Crippen LogP contribution in [0.3, 0.4) is 0 Å². The predicted molar refractivity (Wildman–Crippen MR) is 83.4 cm³/mol. The lowest BCUT2D eigenvalue weighted by Crippen LogP contribution is -2.14. The van der Waals surface area contributed by atoms with Crippen molar-refractivity contribution in [2.45, 2.75) is 26.7 Å². The Labute approximate surface area is 126 Å². The summed E-state index contributed by atoms with van der Waals surface area (Å²) in [5.74, 6) is 1.38. The van der Waals surface area contributed by atoms with Crippen LogP contribution in [0.15, 0.2) is 27.5 Å². The zero-order valence-corrected chi connectivity index (χ0v) is 13.5. The molecule has 0 atom stereocenters. The highest BCUT2D eigenvalue weighted by Gasteiger charge is 2.15. The molecule has 0 saturated heterocycles. The molecular weight excluding hydrogens is 320 g/mol. The first-order chi connectivity index (χ1) is 9.43. The Morgan fingerprint density at radius 2 is 2.05 bits per heavy atom. The quantitative estimate of drug-likeness (QED) is 0.930. The number of hydrogen-bond donors (Lipinski definition) is 1. The lowest BCUT2D eigenvalue weighted by molar-refractivity contribution is 0.416. The van der Waals surface area contributed by atoms with Gasteiger partial charge >= 0.3 is 0 Å². The smallest absolute Gasteiger partial charge is 0.265 e. The van der Waals surface area contributed by atoms with Crippen molar-refractivity contribution in [1.82, 2.24) is 9.97 Å². The molecule has 20 heavy (non-hydrogen) atoms. The first kappa shape index (κ1) is 14.8. The fraction of sp³-hybridized carbons (Fsp3) is 0.333. The van der Waals surface area contributed by atoms with Gasteiger partial charge in [0.05, 0.1) is 18.4 Å². The van der Waals surface area contributed by atoms with E-state index in [-0.39, 0.29) is 11.5 Å². The van der Waals surface area contributed by atoms with Crippen molar-refractivity contribution in [2.24, 2.45) is 0 Å². The number of aromatic amines is 1. The van der Waals surface area contributed by atoms with Gasteiger partial charge in [0.2, 0.25) is 0 Å². The summed E-state index contributed by atoms with van der Waals surface area (Å²) < 4.78 is 5.87. The van der Waals surface area contributed by atoms with Gasteiger partial charge in [0.25, 0.3) is 5.56 Å². The first-order valence-electron chi connectivity index (χ1n) is 6.38. The van der Waals surface area contributed by atoms with Crippen molar-refractivity contribution < 1.29 is 4.74 Å². The molecule has 1 N–H and O–H groups in total. The summed E-state index contributed by atoms with van der Waals surface area (Å²) in [6, 6.07) is 5.80. The second-order valence-electron chi connectivity index (χ2n) is 4.97. The zero-order valence-electron chi connectivity index (χ0n) is 12.0. The van der Waals surface area contributed by atoms with Crippen LogP contribution in [-0.2, 0) is 0 Å². The molecule has 2 aromatic rings. The van der Waals surface area contributed by atoms with E-state index in [4.69, 9.17) is 4.74 Å². The molecule has 0 saturated carbocycles. The van der Waals surface area contributed by atoms with Crippen molar-refractivity contribution in [3.8, 4) is 17.1 Å². The normalized spacial score (nSPS) is 10.9. The van der Waals surface area contributed by atoms with Crippen molar-refractivity contribution in [1.29, 1.82) is 0 Å². The second-order valence-corrected chi connectivity index (χ2v) is 5.77. The van der Waals surface area contributed by atoms with Gasteiger partial charge in [-0.2, -0.15) is 0 Å². The molecule has 0 spiro atoms. The number of rotatable bonds is 3. The van der Waals surface area contributed by atoms with E-state index in [0.717, 1.165) is 16.8 Å². The van der Waals surface area contributed by atoms with Crippen LogP contribution in [0.1, 0.15) is 31.0 Å². The molecular formula is C15H17BrN2O2. The lowest BCUT2D eigenvalue weighted by Gasteiger charge is -2.12. The van der Waals surface area contributed by atoms with Gasteiger partial charge in [-0.25, -0.2) is 4.98 Å². The monoisotopic (exact) mass is 336 g/mol. The van der Waals surface area contributed by atoms with Crippen molar-refractivity contribution in [2.75, 3.05) is 7.11 Å². The van der Waals surface area contributed by atoms with Crippen LogP contribution in [-0.4, -0.2) is 17.1 Å². The van der Waals surface area contributed by atoms with Crippen molar-refractivity contribution in [3.63, 3.8) is 0 Å². The van der Waals surface area contributed by atoms with Crippen LogP contribution in [0.2, 0.25) is 0 Å². The van der Waals surface area contributed by atoms with E-state index < -0.39 is 0 Å². The number of benzene rings is 1. The average molecular weight is 337 g/mol. The van der Waals surface area contributed by atoms with Crippen LogP contribution >= 0.6 is 15.9 Å². The van der Waals surface area contributed by atoms with Crippen molar-refractivity contribution in [3.05, 3.63) is 44.3 Å². The number of H-pyrrole nitrogens is 1. The van der Waals surface area contributed by atoms with E-state index in [1.165, 1.54) is 0 Å². The van der Waals surface area contributed by atoms with E-state index in [1.807, 2.05) is 39.0 Å². The van der Waals surface area contributed by atoms with Crippen LogP contribution in [0.25, 0.3) is 11.4 Å². The number of aryl methyl sites for hydroxylation is 1. The van der Waals surface area contributed by atoms with Crippen LogP contribution < -0.4 is 10.3 Å². The van der Waals surface area contributed by atoms with Gasteiger partial charge in [0, 0.05) is 0 Å². The summed E-state index contributed by atoms with van der Waals surface area (Å²) >= 11 is 3.30. The summed E-state index contributed by atoms with van der Waals surface area (Å²) in [5, 5.41) is 0. The first-order valence-corrected chi connectivity index (χ1v) is 7.18. The molecule has 1 aromatic heterocycles. The minimum Gasteiger partial charge on any atom is -0.496 e. The van der Waals surface area contributed by atoms with Crippen molar-refractivity contribution >= 4 is 15.9 Å². The zero-order chi connectivity index (χ0) is 14.9. The van der Waals surface area contributed by atoms with Gasteiger partial charge < -0.3 is 9.72 Å². The van der Waals surface area contributed by atoms with Gasteiger partial charge in [-0.05, 0) is 46.5 Å². The molecule has 0 unspecified atom stereocenters. The van der Waals surface area contributed by atoms with Gasteiger partial charge in [0.15, 0.2) is 0 Å². The summed E-state index contributed by atoms with van der Waals surface area (Å²) in [7, 11) is 1.61. The molecule has 0 aliphatic heterocycles. The second kappa shape index (κ2) is 5.79. The van der Waals surface area contributed by atoms with E-state index in [9.17, 15) is 4.79 Å². The Kier molecular flexibility index (Phi) is 4.28. The number of nitrogens with zero attached hydrogens (tertiary/aromatic N) is 1. The molecule has 0 amide bonds. The molecule has 4 nitrogen and oxygen atoms in total. The topological polar surface area (TPSA) is 55.0 Å². The van der Waals surface area contributed by atoms with Crippen LogP contribution in [0, 0.1) is 6.92 Å². The molecule has 0 radical (unpaired) electrons. The highest BCUT2D eigenvalue weighted by Crippen LogP contribution is 2.29. The number of nitrogens with one attached hydrogen (secondary N) is 1. The Balaban J connectivity index is 2.67. The third-order valence-electron chi connectivity index (χ3n) is 3.05. The third-order valence-corrected chi connectivity index (χ3v) is 3.81. The van der Waals surface area contributed by atoms with E-state index in [0.29, 0.717) is 16.0 Å². The van der Waals surface area contributed by atoms with E-state index in [1.54, 1.807) is 7.11 Å². The molecule has 0 fully saturated rings. The summed E-state index contributed by atoms with van der Waals surface area (Å²) in [6.07, 6.45) is 0. The van der Waals surface area contributed by atoms with Crippen LogP contribution in [0.4, 0.5) is 0 Å². The third kappa shape index (κ3) is 2.77. The minimum atomic E-state index is -0.179. The maximum Gasteiger partial charge on any atom is 0.265 e. The van der Waals surface area contributed by atoms with Gasteiger partial charge in [-0.15, -0.1) is 0 Å². The Hall–Kier alpha value is -1.62. The molecule has 0 aliphatic carbocycles. The van der Waals surface area contributed by atoms with E-state index >= 15 is 0 Å². The molecule has 106 valence electrons. The lowest BCUT2D eigenvalue weighted by atomic mass is 10.1. The van der Waals surface area contributed by atoms with E-state index in [2.05, 4.69) is 25.9 Å². The maximum absolute atomic E-state index is 12.0. The average Bonchev–Trinajstić information content (AvgIpc) is 2.41. The predicted octanol–water partition coefficient (Wildman–Crippen LogP) is 3.64. The molecule has 0 bridgehead atoms. The van der Waals surface area contributed by atoms with Crippen LogP contribution in [0.5, 0.6) is 5.75 Å². The fourth-order valence-electron chi connectivity index (χ4n) is 1.98. The standard InChI is InChI=1S/C15H17BrN2O2/c1-8(2)13-12(16)15(19)18-14(17-13)10-6-5-9(3)7-11(10)20-4/h5-8H,1-4H3,(H,17,18,19). The highest BCUT2D eigenvalue weighted by atomic mass is 79.9. The van der Waals surface area contributed by atoms with Gasteiger partial charge in [-0.1, -0.05) is 19.9 Å². The number of halogens is 1. The maximum atomic E-state index is 12.0. The molecule has 2 rings (SSSR count). The van der Waals surface area contributed by atoms with Gasteiger partial charge in [-0.3, -0.25) is 4.79 Å². The number of ether oxygens (including phenoxy) is 1. The molecule has 5 heteroatoms. The largest absolute Gasteiger partial charge is 0.496 e. The highest BCUT2D eigenvalue weighted by molar-refractivity contribution is 9.10. The molecule has 1 heterocycles. The fourth-order valence-corrected chi connectivity index (χ4v) is 2.63.